The molecule has 176 valence electrons. The second kappa shape index (κ2) is 10.3. The normalized spacial score (nSPS) is 11.5. The molecule has 2 amide bonds. The number of anilines is 1. The lowest BCUT2D eigenvalue weighted by molar-refractivity contribution is 0.0245. The van der Waals surface area contributed by atoms with Crippen LogP contribution in [0.5, 0.6) is 0 Å². The van der Waals surface area contributed by atoms with Gasteiger partial charge in [-0.25, -0.2) is 9.18 Å². The molecule has 1 aromatic heterocycles. The number of carbonyl (C=O) groups is 2. The summed E-state index contributed by atoms with van der Waals surface area (Å²) in [6, 6.07) is 12.1. The Kier molecular flexibility index (Phi) is 7.71. The second-order valence-electron chi connectivity index (χ2n) is 8.56. The molecule has 3 rings (SSSR count). The highest BCUT2D eigenvalue weighted by atomic mass is 32.1. The zero-order valence-electron chi connectivity index (χ0n) is 19.5. The predicted octanol–water partition coefficient (Wildman–Crippen LogP) is 6.20. The molecule has 0 atom stereocenters. The molecule has 0 saturated heterocycles. The number of methoxy groups -OCH3 is 1. The van der Waals surface area contributed by atoms with E-state index in [-0.39, 0.29) is 24.9 Å². The van der Waals surface area contributed by atoms with Crippen LogP contribution in [-0.2, 0) is 22.6 Å². The summed E-state index contributed by atoms with van der Waals surface area (Å²) < 4.78 is 25.9. The maximum atomic E-state index is 14.5. The van der Waals surface area contributed by atoms with Crippen LogP contribution in [0.2, 0.25) is 0 Å². The number of para-hydroxylation sites is 1. The maximum absolute atomic E-state index is 14.5. The molecule has 0 bridgehead atoms. The summed E-state index contributed by atoms with van der Waals surface area (Å²) in [4.78, 5) is 27.8. The fourth-order valence-corrected chi connectivity index (χ4v) is 4.55. The molecule has 8 heteroatoms. The highest BCUT2D eigenvalue weighted by Gasteiger charge is 2.24. The fraction of sp³-hybridized carbons (Fsp3) is 0.360. The van der Waals surface area contributed by atoms with Gasteiger partial charge in [-0.15, -0.1) is 11.3 Å². The van der Waals surface area contributed by atoms with Crippen LogP contribution >= 0.6 is 11.3 Å². The smallest absolute Gasteiger partial charge is 0.410 e. The van der Waals surface area contributed by atoms with Gasteiger partial charge in [0.2, 0.25) is 0 Å². The van der Waals surface area contributed by atoms with Crippen molar-refractivity contribution < 1.29 is 23.5 Å². The molecule has 0 radical (unpaired) electrons. The molecule has 0 spiro atoms. The second-order valence-corrected chi connectivity index (χ2v) is 9.61. The van der Waals surface area contributed by atoms with Crippen molar-refractivity contribution >= 4 is 39.1 Å². The van der Waals surface area contributed by atoms with Crippen molar-refractivity contribution in [2.24, 2.45) is 0 Å². The highest BCUT2D eigenvalue weighted by Crippen LogP contribution is 2.34. The summed E-state index contributed by atoms with van der Waals surface area (Å²) in [5, 5.41) is 3.34. The molecule has 0 unspecified atom stereocenters. The van der Waals surface area contributed by atoms with E-state index in [2.05, 4.69) is 5.32 Å². The third-order valence-corrected chi connectivity index (χ3v) is 6.11. The molecule has 0 aliphatic carbocycles. The molecule has 33 heavy (non-hydrogen) atoms. The first-order chi connectivity index (χ1) is 15.6. The van der Waals surface area contributed by atoms with Crippen LogP contribution in [0.15, 0.2) is 42.5 Å². The summed E-state index contributed by atoms with van der Waals surface area (Å²) in [6.07, 6.45) is -0.423. The van der Waals surface area contributed by atoms with Gasteiger partial charge in [0, 0.05) is 35.0 Å². The number of thiophene rings is 1. The van der Waals surface area contributed by atoms with E-state index < -0.39 is 11.7 Å². The average molecular weight is 473 g/mol. The number of carbonyl (C=O) groups excluding carboxylic acids is 2. The van der Waals surface area contributed by atoms with Crippen molar-refractivity contribution in [2.45, 2.75) is 46.4 Å². The molecule has 1 N–H and O–H groups in total. The zero-order valence-corrected chi connectivity index (χ0v) is 20.3. The van der Waals surface area contributed by atoms with Crippen LogP contribution in [0, 0.1) is 5.82 Å². The Labute approximate surface area is 197 Å². The molecule has 0 aliphatic heterocycles. The van der Waals surface area contributed by atoms with E-state index in [4.69, 9.17) is 9.47 Å². The molecule has 0 fully saturated rings. The average Bonchev–Trinajstić information content (AvgIpc) is 3.12. The molecule has 1 heterocycles. The minimum atomic E-state index is -0.605. The number of nitrogens with zero attached hydrogens (tertiary/aromatic N) is 1. The van der Waals surface area contributed by atoms with Gasteiger partial charge in [-0.05, 0) is 51.5 Å². The van der Waals surface area contributed by atoms with Gasteiger partial charge in [0.25, 0.3) is 5.91 Å². The Balaban J connectivity index is 1.88. The number of amides is 2. The predicted molar refractivity (Wildman–Crippen MR) is 129 cm³/mol. The molecular formula is C25H29FN2O4S. The minimum Gasteiger partial charge on any atom is -0.444 e. The van der Waals surface area contributed by atoms with E-state index in [1.807, 2.05) is 45.9 Å². The van der Waals surface area contributed by atoms with E-state index in [1.54, 1.807) is 23.1 Å². The van der Waals surface area contributed by atoms with Gasteiger partial charge in [-0.2, -0.15) is 0 Å². The summed E-state index contributed by atoms with van der Waals surface area (Å²) in [5.74, 6) is -0.735. The standard InChI is InChI=1S/C25H29FN2O4S/c1-6-28(24(30)32-25(2,3)4)14-16-10-7-8-12-19(16)27-23(29)22-17(15-31-5)21-18(26)11-9-13-20(21)33-22/h7-13H,6,14-15H2,1-5H3,(H,27,29). The Hall–Kier alpha value is -2.97. The number of nitrogens with one attached hydrogen (secondary N) is 1. The first-order valence-corrected chi connectivity index (χ1v) is 11.5. The van der Waals surface area contributed by atoms with Gasteiger partial charge in [0.1, 0.15) is 11.4 Å². The Morgan fingerprint density at radius 2 is 1.85 bits per heavy atom. The Morgan fingerprint density at radius 1 is 1.12 bits per heavy atom. The Morgan fingerprint density at radius 3 is 2.52 bits per heavy atom. The van der Waals surface area contributed by atoms with Crippen LogP contribution in [0.4, 0.5) is 14.9 Å². The zero-order chi connectivity index (χ0) is 24.2. The van der Waals surface area contributed by atoms with Gasteiger partial charge >= 0.3 is 6.09 Å². The number of hydrogen-bond donors (Lipinski definition) is 1. The number of fused-ring (bicyclic) bond motifs is 1. The van der Waals surface area contributed by atoms with Crippen LogP contribution in [0.1, 0.15) is 48.5 Å². The number of hydrogen-bond acceptors (Lipinski definition) is 5. The quantitative estimate of drug-likeness (QED) is 0.445. The number of halogens is 1. The molecular weight excluding hydrogens is 443 g/mol. The number of benzene rings is 2. The van der Waals surface area contributed by atoms with Gasteiger partial charge in [0.15, 0.2) is 0 Å². The lowest BCUT2D eigenvalue weighted by Crippen LogP contribution is -2.36. The van der Waals surface area contributed by atoms with E-state index in [9.17, 15) is 14.0 Å². The van der Waals surface area contributed by atoms with E-state index in [0.717, 1.165) is 5.56 Å². The third-order valence-electron chi connectivity index (χ3n) is 4.92. The van der Waals surface area contributed by atoms with Crippen LogP contribution < -0.4 is 5.32 Å². The van der Waals surface area contributed by atoms with Crippen molar-refractivity contribution in [1.82, 2.24) is 4.90 Å². The highest BCUT2D eigenvalue weighted by molar-refractivity contribution is 7.21. The van der Waals surface area contributed by atoms with Crippen molar-refractivity contribution in [3.8, 4) is 0 Å². The Bertz CT molecular complexity index is 1150. The summed E-state index contributed by atoms with van der Waals surface area (Å²) in [6.45, 7) is 8.16. The fourth-order valence-electron chi connectivity index (χ4n) is 3.43. The van der Waals surface area contributed by atoms with Gasteiger partial charge in [-0.3, -0.25) is 4.79 Å². The topological polar surface area (TPSA) is 67.9 Å². The van der Waals surface area contributed by atoms with E-state index in [0.29, 0.717) is 32.8 Å². The largest absolute Gasteiger partial charge is 0.444 e. The van der Waals surface area contributed by atoms with Crippen molar-refractivity contribution in [3.05, 3.63) is 64.3 Å². The van der Waals surface area contributed by atoms with Crippen molar-refractivity contribution in [1.29, 1.82) is 0 Å². The lowest BCUT2D eigenvalue weighted by atomic mass is 10.1. The van der Waals surface area contributed by atoms with Crippen LogP contribution in [0.25, 0.3) is 10.1 Å². The SMILES string of the molecule is CCN(Cc1ccccc1NC(=O)c1sc2cccc(F)c2c1COC)C(=O)OC(C)(C)C. The molecule has 0 aliphatic rings. The van der Waals surface area contributed by atoms with E-state index >= 15 is 0 Å². The summed E-state index contributed by atoms with van der Waals surface area (Å²) >= 11 is 1.22. The summed E-state index contributed by atoms with van der Waals surface area (Å²) in [7, 11) is 1.51. The molecule has 6 nitrogen and oxygen atoms in total. The van der Waals surface area contributed by atoms with Crippen molar-refractivity contribution in [2.75, 3.05) is 19.0 Å². The van der Waals surface area contributed by atoms with Gasteiger partial charge in [-0.1, -0.05) is 24.3 Å². The van der Waals surface area contributed by atoms with Crippen LogP contribution in [0.3, 0.4) is 0 Å². The minimum absolute atomic E-state index is 0.119. The summed E-state index contributed by atoms with van der Waals surface area (Å²) in [5.41, 5.74) is 1.26. The van der Waals surface area contributed by atoms with Gasteiger partial charge < -0.3 is 19.7 Å². The monoisotopic (exact) mass is 472 g/mol. The van der Waals surface area contributed by atoms with Crippen LogP contribution in [-0.4, -0.2) is 36.2 Å². The molecule has 0 saturated carbocycles. The third kappa shape index (κ3) is 5.89. The lowest BCUT2D eigenvalue weighted by Gasteiger charge is -2.27. The first kappa shape index (κ1) is 24.7. The van der Waals surface area contributed by atoms with Gasteiger partial charge in [0.05, 0.1) is 18.0 Å². The number of ether oxygens (including phenoxy) is 2. The maximum Gasteiger partial charge on any atom is 0.410 e. The van der Waals surface area contributed by atoms with E-state index in [1.165, 1.54) is 24.5 Å². The molecule has 3 aromatic rings. The van der Waals surface area contributed by atoms with Crippen molar-refractivity contribution in [3.63, 3.8) is 0 Å². The number of rotatable bonds is 7. The first-order valence-electron chi connectivity index (χ1n) is 10.7. The molecule has 2 aromatic carbocycles.